The van der Waals surface area contributed by atoms with Crippen molar-refractivity contribution in [3.05, 3.63) is 42.9 Å². The molecule has 2 nitrogen and oxygen atoms in total. The minimum Gasteiger partial charge on any atom is -0.361 e. The zero-order valence-electron chi connectivity index (χ0n) is 7.46. The SMILES string of the molecule is [CH2][C@@H](N)Cc1c[nH]c2ccccc12. The van der Waals surface area contributed by atoms with E-state index in [-0.39, 0.29) is 6.04 Å². The lowest BCUT2D eigenvalue weighted by atomic mass is 10.1. The van der Waals surface area contributed by atoms with Crippen LogP contribution in [0.15, 0.2) is 30.5 Å². The summed E-state index contributed by atoms with van der Waals surface area (Å²) >= 11 is 0. The van der Waals surface area contributed by atoms with Crippen molar-refractivity contribution in [2.45, 2.75) is 12.5 Å². The summed E-state index contributed by atoms with van der Waals surface area (Å²) in [7, 11) is 0. The Bertz CT molecular complexity index is 401. The summed E-state index contributed by atoms with van der Waals surface area (Å²) < 4.78 is 0. The zero-order chi connectivity index (χ0) is 9.26. The van der Waals surface area contributed by atoms with Gasteiger partial charge in [0.1, 0.15) is 0 Å². The molecule has 2 rings (SSSR count). The third kappa shape index (κ3) is 1.58. The predicted octanol–water partition coefficient (Wildman–Crippen LogP) is 1.87. The Morgan fingerprint density at radius 3 is 2.92 bits per heavy atom. The van der Waals surface area contributed by atoms with Crippen molar-refractivity contribution in [3.8, 4) is 0 Å². The molecular weight excluding hydrogens is 160 g/mol. The number of rotatable bonds is 2. The second kappa shape index (κ2) is 3.23. The summed E-state index contributed by atoms with van der Waals surface area (Å²) in [6, 6.07) is 8.19. The number of para-hydroxylation sites is 1. The van der Waals surface area contributed by atoms with Crippen LogP contribution in [-0.2, 0) is 6.42 Å². The molecule has 0 aliphatic heterocycles. The highest BCUT2D eigenvalue weighted by molar-refractivity contribution is 5.83. The molecule has 0 bridgehead atoms. The lowest BCUT2D eigenvalue weighted by Crippen LogP contribution is -2.17. The minimum atomic E-state index is -0.0285. The first kappa shape index (κ1) is 8.32. The summed E-state index contributed by atoms with van der Waals surface area (Å²) in [5.74, 6) is 0. The van der Waals surface area contributed by atoms with Crippen molar-refractivity contribution in [2.24, 2.45) is 5.73 Å². The minimum absolute atomic E-state index is 0.0285. The van der Waals surface area contributed by atoms with E-state index in [1.807, 2.05) is 18.3 Å². The van der Waals surface area contributed by atoms with E-state index in [4.69, 9.17) is 5.73 Å². The number of hydrogen-bond acceptors (Lipinski definition) is 1. The van der Waals surface area contributed by atoms with Gasteiger partial charge in [-0.2, -0.15) is 0 Å². The summed E-state index contributed by atoms with van der Waals surface area (Å²) in [5.41, 5.74) is 8.06. The number of aromatic amines is 1. The van der Waals surface area contributed by atoms with Gasteiger partial charge in [0.2, 0.25) is 0 Å². The number of nitrogens with one attached hydrogen (secondary N) is 1. The molecule has 1 aromatic carbocycles. The Labute approximate surface area is 77.8 Å². The van der Waals surface area contributed by atoms with Crippen molar-refractivity contribution in [3.63, 3.8) is 0 Å². The fourth-order valence-electron chi connectivity index (χ4n) is 1.58. The first-order chi connectivity index (χ1) is 6.27. The van der Waals surface area contributed by atoms with Gasteiger partial charge < -0.3 is 10.7 Å². The van der Waals surface area contributed by atoms with Gasteiger partial charge in [0.25, 0.3) is 0 Å². The predicted molar refractivity (Wildman–Crippen MR) is 55.3 cm³/mol. The Kier molecular flexibility index (Phi) is 2.07. The third-order valence-corrected chi connectivity index (χ3v) is 2.16. The number of nitrogens with two attached hydrogens (primary N) is 1. The lowest BCUT2D eigenvalue weighted by molar-refractivity contribution is 0.811. The number of hydrogen-bond donors (Lipinski definition) is 2. The van der Waals surface area contributed by atoms with E-state index >= 15 is 0 Å². The van der Waals surface area contributed by atoms with E-state index in [2.05, 4.69) is 24.0 Å². The van der Waals surface area contributed by atoms with Crippen molar-refractivity contribution < 1.29 is 0 Å². The van der Waals surface area contributed by atoms with Crippen LogP contribution in [-0.4, -0.2) is 11.0 Å². The van der Waals surface area contributed by atoms with E-state index in [1.54, 1.807) is 0 Å². The molecule has 1 aromatic heterocycles. The van der Waals surface area contributed by atoms with Crippen LogP contribution in [0, 0.1) is 6.92 Å². The summed E-state index contributed by atoms with van der Waals surface area (Å²) in [5, 5.41) is 1.25. The molecule has 2 heteroatoms. The largest absolute Gasteiger partial charge is 0.361 e. The van der Waals surface area contributed by atoms with Crippen molar-refractivity contribution in [1.29, 1.82) is 0 Å². The molecule has 0 amide bonds. The second-order valence-electron chi connectivity index (χ2n) is 3.32. The Hall–Kier alpha value is -1.28. The first-order valence-electron chi connectivity index (χ1n) is 4.41. The normalized spacial score (nSPS) is 13.4. The molecule has 1 heterocycles. The standard InChI is InChI=1S/C11H13N2/c1-8(12)6-9-7-13-11-5-3-2-4-10(9)11/h2-5,7-8,13H,1,6,12H2/t8-/m1/s1. The number of fused-ring (bicyclic) bond motifs is 1. The molecular formula is C11H13N2. The second-order valence-corrected chi connectivity index (χ2v) is 3.32. The van der Waals surface area contributed by atoms with Crippen LogP contribution in [0.25, 0.3) is 10.9 Å². The number of benzene rings is 1. The molecule has 0 fully saturated rings. The van der Waals surface area contributed by atoms with Crippen LogP contribution >= 0.6 is 0 Å². The Morgan fingerprint density at radius 2 is 2.15 bits per heavy atom. The molecule has 0 saturated carbocycles. The maximum absolute atomic E-state index is 5.65. The van der Waals surface area contributed by atoms with Crippen LogP contribution in [0.1, 0.15) is 5.56 Å². The molecule has 1 radical (unpaired) electrons. The van der Waals surface area contributed by atoms with Crippen LogP contribution < -0.4 is 5.73 Å². The molecule has 13 heavy (non-hydrogen) atoms. The monoisotopic (exact) mass is 173 g/mol. The van der Waals surface area contributed by atoms with E-state index in [0.29, 0.717) is 0 Å². The summed E-state index contributed by atoms with van der Waals surface area (Å²) in [6.45, 7) is 3.78. The summed E-state index contributed by atoms with van der Waals surface area (Å²) in [4.78, 5) is 3.21. The van der Waals surface area contributed by atoms with Crippen molar-refractivity contribution in [1.82, 2.24) is 4.98 Å². The maximum Gasteiger partial charge on any atom is 0.0456 e. The molecule has 0 saturated heterocycles. The number of H-pyrrole nitrogens is 1. The molecule has 0 spiro atoms. The van der Waals surface area contributed by atoms with Crippen molar-refractivity contribution >= 4 is 10.9 Å². The van der Waals surface area contributed by atoms with Gasteiger partial charge in [-0.15, -0.1) is 0 Å². The molecule has 3 N–H and O–H groups in total. The third-order valence-electron chi connectivity index (χ3n) is 2.16. The highest BCUT2D eigenvalue weighted by Crippen LogP contribution is 2.18. The molecule has 2 aromatic rings. The van der Waals surface area contributed by atoms with E-state index in [0.717, 1.165) is 11.9 Å². The number of aromatic nitrogens is 1. The van der Waals surface area contributed by atoms with Gasteiger partial charge in [-0.1, -0.05) is 18.2 Å². The zero-order valence-corrected chi connectivity index (χ0v) is 7.46. The summed E-state index contributed by atoms with van der Waals surface area (Å²) in [6.07, 6.45) is 2.83. The molecule has 0 aliphatic rings. The average molecular weight is 173 g/mol. The van der Waals surface area contributed by atoms with Crippen LogP contribution in [0.4, 0.5) is 0 Å². The Balaban J connectivity index is 2.46. The molecule has 67 valence electrons. The smallest absolute Gasteiger partial charge is 0.0456 e. The highest BCUT2D eigenvalue weighted by atomic mass is 14.7. The average Bonchev–Trinajstić information content (AvgIpc) is 2.48. The highest BCUT2D eigenvalue weighted by Gasteiger charge is 2.04. The van der Waals surface area contributed by atoms with Crippen molar-refractivity contribution in [2.75, 3.05) is 0 Å². The van der Waals surface area contributed by atoms with Gasteiger partial charge >= 0.3 is 0 Å². The van der Waals surface area contributed by atoms with Crippen LogP contribution in [0.5, 0.6) is 0 Å². The van der Waals surface area contributed by atoms with Gasteiger partial charge in [-0.25, -0.2) is 0 Å². The lowest BCUT2D eigenvalue weighted by Gasteiger charge is -2.02. The van der Waals surface area contributed by atoms with E-state index < -0.39 is 0 Å². The van der Waals surface area contributed by atoms with Gasteiger partial charge in [0, 0.05) is 23.1 Å². The molecule has 1 atom stereocenters. The van der Waals surface area contributed by atoms with Gasteiger partial charge in [-0.3, -0.25) is 0 Å². The molecule has 0 unspecified atom stereocenters. The first-order valence-corrected chi connectivity index (χ1v) is 4.41. The topological polar surface area (TPSA) is 41.8 Å². The Morgan fingerprint density at radius 1 is 1.38 bits per heavy atom. The van der Waals surface area contributed by atoms with E-state index in [1.165, 1.54) is 10.9 Å². The fourth-order valence-corrected chi connectivity index (χ4v) is 1.58. The van der Waals surface area contributed by atoms with Gasteiger partial charge in [0.15, 0.2) is 0 Å². The quantitative estimate of drug-likeness (QED) is 0.715. The van der Waals surface area contributed by atoms with Gasteiger partial charge in [-0.05, 0) is 25.0 Å². The molecule has 0 aliphatic carbocycles. The van der Waals surface area contributed by atoms with Crippen LogP contribution in [0.3, 0.4) is 0 Å². The fraction of sp³-hybridized carbons (Fsp3) is 0.182. The van der Waals surface area contributed by atoms with Gasteiger partial charge in [0.05, 0.1) is 0 Å². The maximum atomic E-state index is 5.65. The van der Waals surface area contributed by atoms with E-state index in [9.17, 15) is 0 Å². The van der Waals surface area contributed by atoms with Crippen LogP contribution in [0.2, 0.25) is 0 Å².